The fourth-order valence-electron chi connectivity index (χ4n) is 1.61. The molecule has 0 fully saturated rings. The number of nitrogens with two attached hydrogens (primary N) is 1. The highest BCUT2D eigenvalue weighted by Gasteiger charge is 2.08. The minimum Gasteiger partial charge on any atom is -0.381 e. The Hall–Kier alpha value is -1.77. The average Bonchev–Trinajstić information content (AvgIpc) is 2.74. The van der Waals surface area contributed by atoms with Gasteiger partial charge in [-0.3, -0.25) is 4.40 Å². The Balaban J connectivity index is 2.16. The van der Waals surface area contributed by atoms with E-state index in [0.717, 1.165) is 21.1 Å². The van der Waals surface area contributed by atoms with Gasteiger partial charge in [0.1, 0.15) is 9.35 Å². The topological polar surface area (TPSA) is 69.1 Å². The first-order chi connectivity index (χ1) is 8.65. The molecule has 0 saturated heterocycles. The Labute approximate surface area is 115 Å². The molecule has 3 rings (SSSR count). The zero-order valence-electron chi connectivity index (χ0n) is 9.01. The molecule has 0 bridgehead atoms. The van der Waals surface area contributed by atoms with Crippen molar-refractivity contribution in [3.63, 3.8) is 0 Å². The Morgan fingerprint density at radius 2 is 2.11 bits per heavy atom. The van der Waals surface area contributed by atoms with Crippen LogP contribution < -0.4 is 5.73 Å². The molecule has 0 radical (unpaired) electrons. The summed E-state index contributed by atoms with van der Waals surface area (Å²) in [6.45, 7) is 0. The van der Waals surface area contributed by atoms with E-state index in [0.29, 0.717) is 5.82 Å². The van der Waals surface area contributed by atoms with Crippen molar-refractivity contribution in [1.29, 1.82) is 0 Å². The molecule has 0 aliphatic rings. The molecule has 5 nitrogen and oxygen atoms in total. The summed E-state index contributed by atoms with van der Waals surface area (Å²) in [6.07, 6.45) is 4.69. The third-order valence-corrected chi connectivity index (χ3v) is 3.30. The van der Waals surface area contributed by atoms with Crippen LogP contribution in [-0.2, 0) is 0 Å². The highest BCUT2D eigenvalue weighted by molar-refractivity contribution is 14.1. The van der Waals surface area contributed by atoms with Gasteiger partial charge in [0.05, 0.1) is 12.4 Å². The van der Waals surface area contributed by atoms with Gasteiger partial charge in [0, 0.05) is 11.8 Å². The second-order valence-electron chi connectivity index (χ2n) is 3.65. The van der Waals surface area contributed by atoms with Crippen LogP contribution >= 0.6 is 22.6 Å². The van der Waals surface area contributed by atoms with Gasteiger partial charge in [-0.2, -0.15) is 0 Å². The van der Waals surface area contributed by atoms with E-state index in [4.69, 9.17) is 5.73 Å². The molecule has 3 aromatic heterocycles. The maximum absolute atomic E-state index is 13.0. The van der Waals surface area contributed by atoms with E-state index in [1.165, 1.54) is 0 Å². The summed E-state index contributed by atoms with van der Waals surface area (Å²) < 4.78 is 15.9. The molecule has 0 amide bonds. The maximum atomic E-state index is 13.0. The summed E-state index contributed by atoms with van der Waals surface area (Å²) in [4.78, 5) is 12.1. The second kappa shape index (κ2) is 4.16. The molecule has 0 spiro atoms. The Kier molecular flexibility index (Phi) is 2.62. The van der Waals surface area contributed by atoms with Crippen molar-refractivity contribution in [1.82, 2.24) is 19.4 Å². The van der Waals surface area contributed by atoms with Crippen molar-refractivity contribution in [2.24, 2.45) is 0 Å². The van der Waals surface area contributed by atoms with Crippen LogP contribution in [0.25, 0.3) is 17.0 Å². The predicted molar refractivity (Wildman–Crippen MR) is 73.3 cm³/mol. The SMILES string of the molecule is Nc1nc(-c2ccn3c(I)cnc3c2)ncc1F. The van der Waals surface area contributed by atoms with E-state index in [1.807, 2.05) is 22.7 Å². The molecule has 7 heteroatoms. The number of nitrogens with zero attached hydrogens (tertiary/aromatic N) is 4. The third kappa shape index (κ3) is 1.80. The fraction of sp³-hybridized carbons (Fsp3) is 0. The van der Waals surface area contributed by atoms with Crippen molar-refractivity contribution in [3.8, 4) is 11.4 Å². The number of hydrogen-bond donors (Lipinski definition) is 1. The number of nitrogen functional groups attached to an aromatic ring is 1. The standard InChI is InChI=1S/C11H7FIN5/c12-7-4-16-11(17-10(7)14)6-1-2-18-8(13)5-15-9(18)3-6/h1-5H,(H2,14,16,17). The highest BCUT2D eigenvalue weighted by atomic mass is 127. The number of hydrogen-bond acceptors (Lipinski definition) is 4. The second-order valence-corrected chi connectivity index (χ2v) is 4.76. The van der Waals surface area contributed by atoms with Crippen LogP contribution in [0.2, 0.25) is 0 Å². The first-order valence-corrected chi connectivity index (χ1v) is 6.14. The normalized spacial score (nSPS) is 11.0. The molecule has 18 heavy (non-hydrogen) atoms. The molecule has 0 atom stereocenters. The lowest BCUT2D eigenvalue weighted by Crippen LogP contribution is -1.99. The molecule has 0 saturated carbocycles. The van der Waals surface area contributed by atoms with Crippen LogP contribution in [0, 0.1) is 9.52 Å². The van der Waals surface area contributed by atoms with Gasteiger partial charge in [-0.15, -0.1) is 0 Å². The van der Waals surface area contributed by atoms with Gasteiger partial charge < -0.3 is 5.73 Å². The van der Waals surface area contributed by atoms with Crippen LogP contribution in [0.3, 0.4) is 0 Å². The van der Waals surface area contributed by atoms with Crippen molar-refractivity contribution in [3.05, 3.63) is 40.2 Å². The first-order valence-electron chi connectivity index (χ1n) is 5.06. The number of anilines is 1. The zero-order valence-corrected chi connectivity index (χ0v) is 11.2. The summed E-state index contributed by atoms with van der Waals surface area (Å²) in [6, 6.07) is 3.67. The summed E-state index contributed by atoms with van der Waals surface area (Å²) >= 11 is 2.19. The Bertz CT molecular complexity index is 739. The molecule has 3 heterocycles. The molecule has 90 valence electrons. The van der Waals surface area contributed by atoms with Crippen LogP contribution in [0.1, 0.15) is 0 Å². The van der Waals surface area contributed by atoms with Gasteiger partial charge in [0.15, 0.2) is 17.5 Å². The van der Waals surface area contributed by atoms with Gasteiger partial charge in [0.2, 0.25) is 0 Å². The minimum atomic E-state index is -0.616. The molecule has 3 aromatic rings. The molecule has 0 aliphatic heterocycles. The molecular weight excluding hydrogens is 348 g/mol. The highest BCUT2D eigenvalue weighted by Crippen LogP contribution is 2.19. The zero-order chi connectivity index (χ0) is 12.7. The van der Waals surface area contributed by atoms with Crippen molar-refractivity contribution in [2.45, 2.75) is 0 Å². The fourth-order valence-corrected chi connectivity index (χ4v) is 2.16. The van der Waals surface area contributed by atoms with E-state index in [-0.39, 0.29) is 5.82 Å². The number of rotatable bonds is 1. The van der Waals surface area contributed by atoms with Gasteiger partial charge >= 0.3 is 0 Å². The van der Waals surface area contributed by atoms with Crippen LogP contribution in [0.4, 0.5) is 10.2 Å². The summed E-state index contributed by atoms with van der Waals surface area (Å²) in [7, 11) is 0. The average molecular weight is 355 g/mol. The van der Waals surface area contributed by atoms with Crippen molar-refractivity contribution < 1.29 is 4.39 Å². The number of halogens is 2. The molecule has 0 aromatic carbocycles. The van der Waals surface area contributed by atoms with E-state index in [2.05, 4.69) is 37.5 Å². The minimum absolute atomic E-state index is 0.155. The largest absolute Gasteiger partial charge is 0.381 e. The lowest BCUT2D eigenvalue weighted by Gasteiger charge is -2.02. The number of fused-ring (bicyclic) bond motifs is 1. The Morgan fingerprint density at radius 3 is 2.89 bits per heavy atom. The third-order valence-electron chi connectivity index (χ3n) is 2.50. The monoisotopic (exact) mass is 355 g/mol. The van der Waals surface area contributed by atoms with E-state index < -0.39 is 5.82 Å². The predicted octanol–water partition coefficient (Wildman–Crippen LogP) is 2.12. The van der Waals surface area contributed by atoms with Gasteiger partial charge in [-0.05, 0) is 34.7 Å². The molecule has 0 unspecified atom stereocenters. The quantitative estimate of drug-likeness (QED) is 0.679. The number of aromatic nitrogens is 4. The van der Waals surface area contributed by atoms with Crippen LogP contribution in [0.5, 0.6) is 0 Å². The Morgan fingerprint density at radius 1 is 1.28 bits per heavy atom. The number of pyridine rings is 1. The summed E-state index contributed by atoms with van der Waals surface area (Å²) in [5, 5.41) is 0. The molecular formula is C11H7FIN5. The molecule has 2 N–H and O–H groups in total. The van der Waals surface area contributed by atoms with Gasteiger partial charge in [0.25, 0.3) is 0 Å². The summed E-state index contributed by atoms with van der Waals surface area (Å²) in [5.74, 6) is -0.387. The van der Waals surface area contributed by atoms with Gasteiger partial charge in [-0.1, -0.05) is 0 Å². The number of imidazole rings is 1. The molecule has 0 aliphatic carbocycles. The first kappa shape index (κ1) is 11.3. The smallest absolute Gasteiger partial charge is 0.183 e. The van der Waals surface area contributed by atoms with E-state index >= 15 is 0 Å². The van der Waals surface area contributed by atoms with E-state index in [9.17, 15) is 4.39 Å². The van der Waals surface area contributed by atoms with E-state index in [1.54, 1.807) is 6.20 Å². The lowest BCUT2D eigenvalue weighted by atomic mass is 10.2. The maximum Gasteiger partial charge on any atom is 0.183 e. The van der Waals surface area contributed by atoms with Crippen molar-refractivity contribution in [2.75, 3.05) is 5.73 Å². The van der Waals surface area contributed by atoms with Crippen LogP contribution in [0.15, 0.2) is 30.7 Å². The van der Waals surface area contributed by atoms with Crippen molar-refractivity contribution >= 4 is 34.1 Å². The lowest BCUT2D eigenvalue weighted by molar-refractivity contribution is 0.620. The van der Waals surface area contributed by atoms with Crippen LogP contribution in [-0.4, -0.2) is 19.4 Å². The summed E-state index contributed by atoms with van der Waals surface area (Å²) in [5.41, 5.74) is 6.95. The van der Waals surface area contributed by atoms with Gasteiger partial charge in [-0.25, -0.2) is 19.3 Å².